The average Bonchev–Trinajstić information content (AvgIpc) is 2.91. The predicted molar refractivity (Wildman–Crippen MR) is 87.3 cm³/mol. The number of aliphatic hydroxyl groups is 1. The fraction of sp³-hybridized carbons (Fsp3) is 0.176. The van der Waals surface area contributed by atoms with Crippen LogP contribution in [-0.4, -0.2) is 26.7 Å². The summed E-state index contributed by atoms with van der Waals surface area (Å²) in [5.41, 5.74) is -0.277. The highest BCUT2D eigenvalue weighted by atomic mass is 16.6. The van der Waals surface area contributed by atoms with Crippen molar-refractivity contribution in [1.82, 2.24) is 5.01 Å². The van der Waals surface area contributed by atoms with Gasteiger partial charge in [-0.2, -0.15) is 10.1 Å². The second-order valence-electron chi connectivity index (χ2n) is 5.62. The monoisotopic (exact) mass is 325 g/mol. The van der Waals surface area contributed by atoms with Crippen molar-refractivity contribution in [3.63, 3.8) is 0 Å². The zero-order valence-corrected chi connectivity index (χ0v) is 12.9. The lowest BCUT2D eigenvalue weighted by Crippen LogP contribution is -2.43. The van der Waals surface area contributed by atoms with E-state index in [0.29, 0.717) is 11.3 Å². The molecule has 1 aliphatic rings. The topological polar surface area (TPSA) is 96.0 Å². The number of benzene rings is 2. The zero-order chi connectivity index (χ0) is 17.3. The van der Waals surface area contributed by atoms with Gasteiger partial charge in [-0.25, -0.2) is 0 Å². The molecule has 0 saturated heterocycles. The smallest absolute Gasteiger partial charge is 0.276 e. The Morgan fingerprint density at radius 1 is 1.21 bits per heavy atom. The van der Waals surface area contributed by atoms with Crippen molar-refractivity contribution >= 4 is 17.3 Å². The van der Waals surface area contributed by atoms with Gasteiger partial charge in [-0.3, -0.25) is 14.9 Å². The third kappa shape index (κ3) is 2.65. The van der Waals surface area contributed by atoms with Crippen LogP contribution in [0.3, 0.4) is 0 Å². The van der Waals surface area contributed by atoms with Gasteiger partial charge in [0.1, 0.15) is 0 Å². The predicted octanol–water partition coefficient (Wildman–Crippen LogP) is 2.66. The van der Waals surface area contributed by atoms with Crippen molar-refractivity contribution < 1.29 is 14.8 Å². The van der Waals surface area contributed by atoms with Crippen LogP contribution in [0.15, 0.2) is 59.7 Å². The SMILES string of the molecule is CC1=NN(C(=O)c2ccc([N+](=O)[O-])cc2)C(O)(c2ccccc2)C1. The van der Waals surface area contributed by atoms with Crippen molar-refractivity contribution in [2.45, 2.75) is 19.1 Å². The van der Waals surface area contributed by atoms with Gasteiger partial charge in [0, 0.05) is 35.4 Å². The standard InChI is InChI=1S/C17H15N3O4/c1-12-11-17(22,14-5-3-2-4-6-14)19(18-12)16(21)13-7-9-15(10-8-13)20(23)24/h2-10,22H,11H2,1H3. The minimum atomic E-state index is -1.57. The number of carbonyl (C=O) groups excluding carboxylic acids is 1. The molecule has 1 heterocycles. The number of nitrogens with zero attached hydrogens (tertiary/aromatic N) is 3. The molecule has 7 nitrogen and oxygen atoms in total. The normalized spacial score (nSPS) is 19.9. The van der Waals surface area contributed by atoms with E-state index in [9.17, 15) is 20.0 Å². The van der Waals surface area contributed by atoms with E-state index in [0.717, 1.165) is 5.01 Å². The Hall–Kier alpha value is -3.06. The number of hydrogen-bond acceptors (Lipinski definition) is 5. The molecular weight excluding hydrogens is 310 g/mol. The molecule has 0 bridgehead atoms. The number of amides is 1. The molecule has 2 aromatic carbocycles. The van der Waals surface area contributed by atoms with Crippen LogP contribution in [-0.2, 0) is 5.72 Å². The molecule has 0 aliphatic carbocycles. The average molecular weight is 325 g/mol. The van der Waals surface area contributed by atoms with Crippen molar-refractivity contribution in [2.75, 3.05) is 0 Å². The van der Waals surface area contributed by atoms with Crippen molar-refractivity contribution in [3.05, 3.63) is 75.8 Å². The number of non-ortho nitro benzene ring substituents is 1. The van der Waals surface area contributed by atoms with Crippen molar-refractivity contribution in [1.29, 1.82) is 0 Å². The fourth-order valence-corrected chi connectivity index (χ4v) is 2.71. The van der Waals surface area contributed by atoms with Gasteiger partial charge < -0.3 is 5.11 Å². The van der Waals surface area contributed by atoms with Crippen LogP contribution in [0, 0.1) is 10.1 Å². The molecule has 0 radical (unpaired) electrons. The fourth-order valence-electron chi connectivity index (χ4n) is 2.71. The molecule has 7 heteroatoms. The number of nitro benzene ring substituents is 1. The minimum Gasteiger partial charge on any atom is -0.365 e. The number of carbonyl (C=O) groups is 1. The molecule has 24 heavy (non-hydrogen) atoms. The van der Waals surface area contributed by atoms with Gasteiger partial charge in [0.05, 0.1) is 4.92 Å². The highest BCUT2D eigenvalue weighted by Gasteiger charge is 2.45. The lowest BCUT2D eigenvalue weighted by Gasteiger charge is -2.31. The maximum Gasteiger partial charge on any atom is 0.276 e. The van der Waals surface area contributed by atoms with Gasteiger partial charge in [0.25, 0.3) is 11.6 Å². The molecule has 1 atom stereocenters. The van der Waals surface area contributed by atoms with E-state index in [2.05, 4.69) is 5.10 Å². The minimum absolute atomic E-state index is 0.106. The molecule has 0 saturated carbocycles. The first-order chi connectivity index (χ1) is 11.4. The molecule has 1 unspecified atom stereocenters. The Kier molecular flexibility index (Phi) is 3.86. The summed E-state index contributed by atoms with van der Waals surface area (Å²) >= 11 is 0. The van der Waals surface area contributed by atoms with Gasteiger partial charge >= 0.3 is 0 Å². The van der Waals surface area contributed by atoms with E-state index in [-0.39, 0.29) is 17.7 Å². The van der Waals surface area contributed by atoms with Crippen LogP contribution in [0.5, 0.6) is 0 Å². The summed E-state index contributed by atoms with van der Waals surface area (Å²) in [5, 5.41) is 27.0. The Bertz CT molecular complexity index is 817. The summed E-state index contributed by atoms with van der Waals surface area (Å²) in [6.45, 7) is 1.73. The summed E-state index contributed by atoms with van der Waals surface area (Å²) < 4.78 is 0. The largest absolute Gasteiger partial charge is 0.365 e. The van der Waals surface area contributed by atoms with E-state index in [1.54, 1.807) is 31.2 Å². The lowest BCUT2D eigenvalue weighted by molar-refractivity contribution is -0.384. The summed E-state index contributed by atoms with van der Waals surface area (Å²) in [5.74, 6) is -0.520. The second-order valence-corrected chi connectivity index (χ2v) is 5.62. The van der Waals surface area contributed by atoms with Gasteiger partial charge in [-0.05, 0) is 19.1 Å². The van der Waals surface area contributed by atoms with Crippen LogP contribution in [0.4, 0.5) is 5.69 Å². The van der Waals surface area contributed by atoms with Gasteiger partial charge in [-0.15, -0.1) is 0 Å². The highest BCUT2D eigenvalue weighted by Crippen LogP contribution is 2.36. The third-order valence-corrected chi connectivity index (χ3v) is 3.88. The molecule has 1 N–H and O–H groups in total. The van der Waals surface area contributed by atoms with Gasteiger partial charge in [0.2, 0.25) is 0 Å². The number of nitro groups is 1. The molecule has 0 aromatic heterocycles. The third-order valence-electron chi connectivity index (χ3n) is 3.88. The molecule has 122 valence electrons. The van der Waals surface area contributed by atoms with E-state index in [1.165, 1.54) is 24.3 Å². The first-order valence-corrected chi connectivity index (χ1v) is 7.33. The van der Waals surface area contributed by atoms with E-state index in [1.807, 2.05) is 6.07 Å². The van der Waals surface area contributed by atoms with E-state index < -0.39 is 16.6 Å². The van der Waals surface area contributed by atoms with Crippen LogP contribution in [0.2, 0.25) is 0 Å². The van der Waals surface area contributed by atoms with Crippen molar-refractivity contribution in [2.24, 2.45) is 5.10 Å². The maximum absolute atomic E-state index is 12.8. The molecule has 0 fully saturated rings. The molecule has 2 aromatic rings. The quantitative estimate of drug-likeness (QED) is 0.693. The number of hydrazone groups is 1. The Balaban J connectivity index is 1.96. The second kappa shape index (κ2) is 5.86. The van der Waals surface area contributed by atoms with Crippen LogP contribution in [0.25, 0.3) is 0 Å². The first-order valence-electron chi connectivity index (χ1n) is 7.33. The van der Waals surface area contributed by atoms with Crippen LogP contribution >= 0.6 is 0 Å². The highest BCUT2D eigenvalue weighted by molar-refractivity contribution is 5.98. The Labute approximate surface area is 138 Å². The zero-order valence-electron chi connectivity index (χ0n) is 12.9. The van der Waals surface area contributed by atoms with Crippen molar-refractivity contribution in [3.8, 4) is 0 Å². The van der Waals surface area contributed by atoms with E-state index >= 15 is 0 Å². The number of rotatable bonds is 3. The Morgan fingerprint density at radius 2 is 1.83 bits per heavy atom. The summed E-state index contributed by atoms with van der Waals surface area (Å²) in [6, 6.07) is 14.0. The number of hydrogen-bond donors (Lipinski definition) is 1. The first kappa shape index (κ1) is 15.8. The molecule has 1 amide bonds. The molecule has 0 spiro atoms. The molecule has 1 aliphatic heterocycles. The van der Waals surface area contributed by atoms with Gasteiger partial charge in [0.15, 0.2) is 5.72 Å². The van der Waals surface area contributed by atoms with E-state index in [4.69, 9.17) is 0 Å². The molecule has 3 rings (SSSR count). The summed E-state index contributed by atoms with van der Waals surface area (Å²) in [4.78, 5) is 22.9. The summed E-state index contributed by atoms with van der Waals surface area (Å²) in [7, 11) is 0. The summed E-state index contributed by atoms with van der Waals surface area (Å²) in [6.07, 6.45) is 0.204. The lowest BCUT2D eigenvalue weighted by atomic mass is 9.97. The maximum atomic E-state index is 12.8. The van der Waals surface area contributed by atoms with Gasteiger partial charge in [-0.1, -0.05) is 30.3 Å². The van der Waals surface area contributed by atoms with Crippen LogP contribution < -0.4 is 0 Å². The van der Waals surface area contributed by atoms with Crippen LogP contribution in [0.1, 0.15) is 29.3 Å². The molecular formula is C17H15N3O4. The Morgan fingerprint density at radius 3 is 2.42 bits per heavy atom.